The molecule has 2 nitrogen and oxygen atoms in total. The lowest BCUT2D eigenvalue weighted by molar-refractivity contribution is 0.114. The summed E-state index contributed by atoms with van der Waals surface area (Å²) in [6.45, 7) is 1.64. The maximum Gasteiger partial charge on any atom is 0.0605 e. The van der Waals surface area contributed by atoms with Gasteiger partial charge in [-0.25, -0.2) is 0 Å². The third-order valence-corrected chi connectivity index (χ3v) is 3.35. The van der Waals surface area contributed by atoms with Gasteiger partial charge in [0.05, 0.1) is 13.2 Å². The SMILES string of the molecule is C#CCN(Cc1ccccc1)[C@@H](CO)C1CC1. The smallest absolute Gasteiger partial charge is 0.0605 e. The van der Waals surface area contributed by atoms with E-state index < -0.39 is 0 Å². The molecule has 1 aromatic rings. The Morgan fingerprint density at radius 3 is 2.59 bits per heavy atom. The van der Waals surface area contributed by atoms with Crippen molar-refractivity contribution >= 4 is 0 Å². The Balaban J connectivity index is 2.03. The van der Waals surface area contributed by atoms with Gasteiger partial charge in [0.2, 0.25) is 0 Å². The quantitative estimate of drug-likeness (QED) is 0.753. The van der Waals surface area contributed by atoms with Crippen LogP contribution in [0.25, 0.3) is 0 Å². The number of terminal acetylenes is 1. The molecule has 1 saturated carbocycles. The summed E-state index contributed by atoms with van der Waals surface area (Å²) in [5.74, 6) is 3.34. The van der Waals surface area contributed by atoms with E-state index in [0.29, 0.717) is 12.5 Å². The predicted octanol–water partition coefficient (Wildman–Crippen LogP) is 1.89. The highest BCUT2D eigenvalue weighted by Gasteiger charge is 2.34. The molecule has 1 atom stereocenters. The van der Waals surface area contributed by atoms with Crippen molar-refractivity contribution in [3.8, 4) is 12.3 Å². The fraction of sp³-hybridized carbons (Fsp3) is 0.467. The zero-order valence-corrected chi connectivity index (χ0v) is 10.0. The number of hydrogen-bond donors (Lipinski definition) is 1. The van der Waals surface area contributed by atoms with E-state index in [1.165, 1.54) is 18.4 Å². The summed E-state index contributed by atoms with van der Waals surface area (Å²) in [5, 5.41) is 9.50. The van der Waals surface area contributed by atoms with E-state index in [1.54, 1.807) is 0 Å². The molecule has 0 unspecified atom stereocenters. The number of aliphatic hydroxyl groups is 1. The van der Waals surface area contributed by atoms with Crippen LogP contribution in [0.3, 0.4) is 0 Å². The average molecular weight is 229 g/mol. The van der Waals surface area contributed by atoms with Crippen LogP contribution >= 0.6 is 0 Å². The molecule has 0 heterocycles. The van der Waals surface area contributed by atoms with Crippen molar-refractivity contribution in [1.82, 2.24) is 4.90 Å². The maximum atomic E-state index is 9.50. The Morgan fingerprint density at radius 1 is 1.35 bits per heavy atom. The first-order valence-corrected chi connectivity index (χ1v) is 6.17. The normalized spacial score (nSPS) is 16.8. The van der Waals surface area contributed by atoms with E-state index in [0.717, 1.165) is 6.54 Å². The van der Waals surface area contributed by atoms with Crippen LogP contribution in [0.1, 0.15) is 18.4 Å². The molecule has 90 valence electrons. The van der Waals surface area contributed by atoms with Crippen LogP contribution in [-0.4, -0.2) is 29.2 Å². The minimum Gasteiger partial charge on any atom is -0.395 e. The second-order valence-corrected chi connectivity index (χ2v) is 4.68. The van der Waals surface area contributed by atoms with Crippen molar-refractivity contribution in [2.45, 2.75) is 25.4 Å². The lowest BCUT2D eigenvalue weighted by Gasteiger charge is -2.28. The molecule has 2 rings (SSSR count). The minimum absolute atomic E-state index is 0.208. The van der Waals surface area contributed by atoms with Crippen LogP contribution < -0.4 is 0 Å². The van der Waals surface area contributed by atoms with Gasteiger partial charge < -0.3 is 5.11 Å². The van der Waals surface area contributed by atoms with Gasteiger partial charge in [-0.1, -0.05) is 36.3 Å². The third kappa shape index (κ3) is 3.33. The topological polar surface area (TPSA) is 23.5 Å². The molecule has 0 radical (unpaired) electrons. The van der Waals surface area contributed by atoms with E-state index in [1.807, 2.05) is 18.2 Å². The molecule has 0 amide bonds. The molecule has 1 aliphatic rings. The van der Waals surface area contributed by atoms with Crippen molar-refractivity contribution in [1.29, 1.82) is 0 Å². The van der Waals surface area contributed by atoms with Crippen LogP contribution in [-0.2, 0) is 6.54 Å². The molecule has 0 saturated heterocycles. The number of rotatable bonds is 6. The highest BCUT2D eigenvalue weighted by Crippen LogP contribution is 2.35. The first-order chi connectivity index (χ1) is 8.35. The van der Waals surface area contributed by atoms with Gasteiger partial charge in [0.25, 0.3) is 0 Å². The van der Waals surface area contributed by atoms with E-state index >= 15 is 0 Å². The summed E-state index contributed by atoms with van der Waals surface area (Å²) < 4.78 is 0. The lowest BCUT2D eigenvalue weighted by Crippen LogP contribution is -2.39. The van der Waals surface area contributed by atoms with Gasteiger partial charge in [-0.15, -0.1) is 6.42 Å². The molecule has 2 heteroatoms. The molecule has 0 aliphatic heterocycles. The van der Waals surface area contributed by atoms with E-state index in [-0.39, 0.29) is 12.6 Å². The fourth-order valence-electron chi connectivity index (χ4n) is 2.27. The highest BCUT2D eigenvalue weighted by atomic mass is 16.3. The Hall–Kier alpha value is -1.30. The van der Waals surface area contributed by atoms with Gasteiger partial charge in [-0.2, -0.15) is 0 Å². The van der Waals surface area contributed by atoms with Crippen LogP contribution in [0.15, 0.2) is 30.3 Å². The molecular weight excluding hydrogens is 210 g/mol. The number of aliphatic hydroxyl groups excluding tert-OH is 1. The molecule has 1 aliphatic carbocycles. The Kier molecular flexibility index (Phi) is 4.19. The summed E-state index contributed by atoms with van der Waals surface area (Å²) in [5.41, 5.74) is 1.25. The van der Waals surface area contributed by atoms with Crippen molar-refractivity contribution in [2.24, 2.45) is 5.92 Å². The fourth-order valence-corrected chi connectivity index (χ4v) is 2.27. The van der Waals surface area contributed by atoms with Gasteiger partial charge in [-0.05, 0) is 24.3 Å². The van der Waals surface area contributed by atoms with Crippen molar-refractivity contribution in [2.75, 3.05) is 13.2 Å². The summed E-state index contributed by atoms with van der Waals surface area (Å²) in [6, 6.07) is 10.5. The van der Waals surface area contributed by atoms with E-state index in [4.69, 9.17) is 6.42 Å². The summed E-state index contributed by atoms with van der Waals surface area (Å²) in [4.78, 5) is 2.22. The van der Waals surface area contributed by atoms with Crippen molar-refractivity contribution in [3.05, 3.63) is 35.9 Å². The maximum absolute atomic E-state index is 9.50. The van der Waals surface area contributed by atoms with Gasteiger partial charge in [-0.3, -0.25) is 4.90 Å². The third-order valence-electron chi connectivity index (χ3n) is 3.35. The molecule has 1 aromatic carbocycles. The Bertz CT molecular complexity index is 378. The molecule has 1 N–H and O–H groups in total. The Labute approximate surface area is 103 Å². The molecule has 17 heavy (non-hydrogen) atoms. The number of hydrogen-bond acceptors (Lipinski definition) is 2. The predicted molar refractivity (Wildman–Crippen MR) is 69.3 cm³/mol. The van der Waals surface area contributed by atoms with Gasteiger partial charge in [0, 0.05) is 12.6 Å². The minimum atomic E-state index is 0.208. The summed E-state index contributed by atoms with van der Waals surface area (Å²) in [6.07, 6.45) is 7.87. The molecule has 1 fully saturated rings. The first kappa shape index (κ1) is 12.2. The monoisotopic (exact) mass is 229 g/mol. The molecule has 0 aromatic heterocycles. The molecule has 0 bridgehead atoms. The molecule has 0 spiro atoms. The lowest BCUT2D eigenvalue weighted by atomic mass is 10.1. The molecular formula is C15H19NO. The zero-order valence-electron chi connectivity index (χ0n) is 10.0. The van der Waals surface area contributed by atoms with E-state index in [2.05, 4.69) is 23.0 Å². The highest BCUT2D eigenvalue weighted by molar-refractivity contribution is 5.15. The Morgan fingerprint density at radius 2 is 2.06 bits per heavy atom. The average Bonchev–Trinajstić information content (AvgIpc) is 3.16. The van der Waals surface area contributed by atoms with Crippen LogP contribution in [0.5, 0.6) is 0 Å². The second-order valence-electron chi connectivity index (χ2n) is 4.68. The standard InChI is InChI=1S/C15H19NO/c1-2-10-16(15(12-17)14-8-9-14)11-13-6-4-3-5-7-13/h1,3-7,14-15,17H,8-12H2/t15-/m0/s1. The van der Waals surface area contributed by atoms with Crippen LogP contribution in [0.4, 0.5) is 0 Å². The summed E-state index contributed by atoms with van der Waals surface area (Å²) in [7, 11) is 0. The first-order valence-electron chi connectivity index (χ1n) is 6.17. The zero-order chi connectivity index (χ0) is 12.1. The second kappa shape index (κ2) is 5.86. The summed E-state index contributed by atoms with van der Waals surface area (Å²) >= 11 is 0. The van der Waals surface area contributed by atoms with E-state index in [9.17, 15) is 5.11 Å². The van der Waals surface area contributed by atoms with Crippen molar-refractivity contribution in [3.63, 3.8) is 0 Å². The van der Waals surface area contributed by atoms with Crippen LogP contribution in [0.2, 0.25) is 0 Å². The van der Waals surface area contributed by atoms with Gasteiger partial charge >= 0.3 is 0 Å². The largest absolute Gasteiger partial charge is 0.395 e. The number of benzene rings is 1. The van der Waals surface area contributed by atoms with Gasteiger partial charge in [0.15, 0.2) is 0 Å². The number of nitrogens with zero attached hydrogens (tertiary/aromatic N) is 1. The van der Waals surface area contributed by atoms with Crippen LogP contribution in [0, 0.1) is 18.3 Å². The van der Waals surface area contributed by atoms with Crippen molar-refractivity contribution < 1.29 is 5.11 Å². The van der Waals surface area contributed by atoms with Gasteiger partial charge in [0.1, 0.15) is 0 Å².